The Kier molecular flexibility index (Phi) is 4.19. The SMILES string of the molecule is CC(C)CC(Cl)NC(=O)O. The number of hydrogen-bond acceptors (Lipinski definition) is 1. The van der Waals surface area contributed by atoms with Crippen molar-refractivity contribution in [3.8, 4) is 0 Å². The summed E-state index contributed by atoms with van der Waals surface area (Å²) in [6.07, 6.45) is -0.408. The number of rotatable bonds is 3. The summed E-state index contributed by atoms with van der Waals surface area (Å²) in [5.41, 5.74) is -0.461. The Morgan fingerprint density at radius 2 is 2.20 bits per heavy atom. The lowest BCUT2D eigenvalue weighted by Gasteiger charge is -2.10. The van der Waals surface area contributed by atoms with Crippen molar-refractivity contribution >= 4 is 17.7 Å². The van der Waals surface area contributed by atoms with Crippen LogP contribution in [0.4, 0.5) is 4.79 Å². The third kappa shape index (κ3) is 5.69. The normalized spacial score (nSPS) is 13.2. The number of hydrogen-bond donors (Lipinski definition) is 2. The highest BCUT2D eigenvalue weighted by Gasteiger charge is 2.08. The first-order valence-corrected chi connectivity index (χ1v) is 3.59. The second-order valence-corrected chi connectivity index (χ2v) is 3.07. The molecular formula is C6H12ClNO2. The minimum Gasteiger partial charge on any atom is -0.465 e. The van der Waals surface area contributed by atoms with E-state index in [1.54, 1.807) is 0 Å². The van der Waals surface area contributed by atoms with Gasteiger partial charge in [0.15, 0.2) is 0 Å². The van der Waals surface area contributed by atoms with Gasteiger partial charge < -0.3 is 10.4 Å². The summed E-state index contributed by atoms with van der Waals surface area (Å²) in [6, 6.07) is 0. The number of carbonyl (C=O) groups is 1. The van der Waals surface area contributed by atoms with Gasteiger partial charge in [0.05, 0.1) is 0 Å². The highest BCUT2D eigenvalue weighted by molar-refractivity contribution is 6.21. The van der Waals surface area contributed by atoms with E-state index in [-0.39, 0.29) is 0 Å². The van der Waals surface area contributed by atoms with Crippen molar-refractivity contribution < 1.29 is 9.90 Å². The third-order valence-corrected chi connectivity index (χ3v) is 1.25. The van der Waals surface area contributed by atoms with Crippen molar-refractivity contribution in [2.24, 2.45) is 5.92 Å². The average Bonchev–Trinajstić information content (AvgIpc) is 1.58. The van der Waals surface area contributed by atoms with Crippen LogP contribution < -0.4 is 5.32 Å². The van der Waals surface area contributed by atoms with Crippen molar-refractivity contribution in [1.82, 2.24) is 5.32 Å². The average molecular weight is 166 g/mol. The molecule has 0 aromatic rings. The maximum Gasteiger partial charge on any atom is 0.405 e. The number of nitrogens with one attached hydrogen (secondary N) is 1. The van der Waals surface area contributed by atoms with Crippen LogP contribution >= 0.6 is 11.6 Å². The smallest absolute Gasteiger partial charge is 0.405 e. The molecule has 0 aromatic carbocycles. The molecule has 1 amide bonds. The second-order valence-electron chi connectivity index (χ2n) is 2.55. The van der Waals surface area contributed by atoms with Crippen LogP contribution in [-0.2, 0) is 0 Å². The van der Waals surface area contributed by atoms with E-state index >= 15 is 0 Å². The van der Waals surface area contributed by atoms with Gasteiger partial charge in [-0.15, -0.1) is 0 Å². The number of carboxylic acid groups (broad SMARTS) is 1. The summed E-state index contributed by atoms with van der Waals surface area (Å²) in [5, 5.41) is 10.4. The van der Waals surface area contributed by atoms with Gasteiger partial charge in [0.1, 0.15) is 5.50 Å². The van der Waals surface area contributed by atoms with Crippen molar-refractivity contribution in [1.29, 1.82) is 0 Å². The van der Waals surface area contributed by atoms with E-state index in [0.29, 0.717) is 12.3 Å². The first-order chi connectivity index (χ1) is 4.52. The number of halogens is 1. The zero-order valence-electron chi connectivity index (χ0n) is 6.10. The molecule has 10 heavy (non-hydrogen) atoms. The zero-order chi connectivity index (χ0) is 8.15. The molecule has 1 unspecified atom stereocenters. The predicted octanol–water partition coefficient (Wildman–Crippen LogP) is 1.86. The fourth-order valence-corrected chi connectivity index (χ4v) is 1.06. The van der Waals surface area contributed by atoms with Gasteiger partial charge in [-0.1, -0.05) is 25.4 Å². The quantitative estimate of drug-likeness (QED) is 0.496. The predicted molar refractivity (Wildman–Crippen MR) is 40.3 cm³/mol. The lowest BCUT2D eigenvalue weighted by atomic mass is 10.1. The lowest BCUT2D eigenvalue weighted by molar-refractivity contribution is 0.192. The molecule has 0 spiro atoms. The van der Waals surface area contributed by atoms with Crippen LogP contribution in [0, 0.1) is 5.92 Å². The minimum atomic E-state index is -1.07. The van der Waals surface area contributed by atoms with Crippen molar-refractivity contribution in [2.75, 3.05) is 0 Å². The Balaban J connectivity index is 3.43. The Labute approximate surface area is 65.4 Å². The van der Waals surface area contributed by atoms with E-state index in [2.05, 4.69) is 5.32 Å². The van der Waals surface area contributed by atoms with Crippen LogP contribution in [0.2, 0.25) is 0 Å². The van der Waals surface area contributed by atoms with Gasteiger partial charge in [-0.2, -0.15) is 0 Å². The fourth-order valence-electron chi connectivity index (χ4n) is 0.607. The standard InChI is InChI=1S/C6H12ClNO2/c1-4(2)3-5(7)8-6(9)10/h4-5,8H,3H2,1-2H3,(H,9,10). The maximum absolute atomic E-state index is 10.00. The molecule has 0 aliphatic carbocycles. The molecule has 60 valence electrons. The molecule has 1 atom stereocenters. The van der Waals surface area contributed by atoms with Crippen LogP contribution in [-0.4, -0.2) is 16.7 Å². The van der Waals surface area contributed by atoms with E-state index in [0.717, 1.165) is 0 Å². The summed E-state index contributed by atoms with van der Waals surface area (Å²) in [6.45, 7) is 3.97. The molecule has 0 aromatic heterocycles. The van der Waals surface area contributed by atoms with Gasteiger partial charge >= 0.3 is 6.09 Å². The molecule has 2 N–H and O–H groups in total. The summed E-state index contributed by atoms with van der Waals surface area (Å²) in [4.78, 5) is 10.00. The molecule has 0 aliphatic heterocycles. The fraction of sp³-hybridized carbons (Fsp3) is 0.833. The van der Waals surface area contributed by atoms with E-state index in [4.69, 9.17) is 16.7 Å². The van der Waals surface area contributed by atoms with Gasteiger partial charge in [0.2, 0.25) is 0 Å². The van der Waals surface area contributed by atoms with E-state index in [9.17, 15) is 4.79 Å². The van der Waals surface area contributed by atoms with E-state index in [1.165, 1.54) is 0 Å². The van der Waals surface area contributed by atoms with Crippen LogP contribution in [0.1, 0.15) is 20.3 Å². The van der Waals surface area contributed by atoms with Gasteiger partial charge in [0.25, 0.3) is 0 Å². The molecule has 0 fully saturated rings. The van der Waals surface area contributed by atoms with Crippen LogP contribution in [0.5, 0.6) is 0 Å². The first kappa shape index (κ1) is 9.56. The molecule has 4 heteroatoms. The van der Waals surface area contributed by atoms with Crippen molar-refractivity contribution in [3.63, 3.8) is 0 Å². The maximum atomic E-state index is 10.00. The highest BCUT2D eigenvalue weighted by atomic mass is 35.5. The number of alkyl halides is 1. The molecule has 0 rings (SSSR count). The van der Waals surface area contributed by atoms with Crippen molar-refractivity contribution in [2.45, 2.75) is 25.8 Å². The van der Waals surface area contributed by atoms with Crippen LogP contribution in [0.3, 0.4) is 0 Å². The third-order valence-electron chi connectivity index (χ3n) is 0.958. The summed E-state index contributed by atoms with van der Waals surface area (Å²) in [7, 11) is 0. The molecule has 0 saturated heterocycles. The molecule has 3 nitrogen and oxygen atoms in total. The Bertz CT molecular complexity index is 116. The zero-order valence-corrected chi connectivity index (χ0v) is 6.85. The summed E-state index contributed by atoms with van der Waals surface area (Å²) < 4.78 is 0. The van der Waals surface area contributed by atoms with Crippen LogP contribution in [0.25, 0.3) is 0 Å². The Morgan fingerprint density at radius 3 is 2.50 bits per heavy atom. The molecule has 0 heterocycles. The Hall–Kier alpha value is -0.440. The second kappa shape index (κ2) is 4.39. The van der Waals surface area contributed by atoms with Gasteiger partial charge in [-0.3, -0.25) is 0 Å². The van der Waals surface area contributed by atoms with Crippen LogP contribution in [0.15, 0.2) is 0 Å². The lowest BCUT2D eigenvalue weighted by Crippen LogP contribution is -2.30. The van der Waals surface area contributed by atoms with E-state index in [1.807, 2.05) is 13.8 Å². The molecule has 0 aliphatic rings. The van der Waals surface area contributed by atoms with Gasteiger partial charge in [-0.05, 0) is 12.3 Å². The number of amides is 1. The molecule has 0 saturated carbocycles. The largest absolute Gasteiger partial charge is 0.465 e. The monoisotopic (exact) mass is 165 g/mol. The topological polar surface area (TPSA) is 49.3 Å². The summed E-state index contributed by atoms with van der Waals surface area (Å²) >= 11 is 5.58. The van der Waals surface area contributed by atoms with Gasteiger partial charge in [-0.25, -0.2) is 4.79 Å². The first-order valence-electron chi connectivity index (χ1n) is 3.16. The Morgan fingerprint density at radius 1 is 1.70 bits per heavy atom. The van der Waals surface area contributed by atoms with Crippen molar-refractivity contribution in [3.05, 3.63) is 0 Å². The molecular weight excluding hydrogens is 154 g/mol. The molecule has 0 radical (unpaired) electrons. The molecule has 0 bridgehead atoms. The summed E-state index contributed by atoms with van der Waals surface area (Å²) in [5.74, 6) is 0.411. The van der Waals surface area contributed by atoms with Gasteiger partial charge in [0, 0.05) is 0 Å². The highest BCUT2D eigenvalue weighted by Crippen LogP contribution is 2.07. The minimum absolute atomic E-state index is 0.411. The van der Waals surface area contributed by atoms with E-state index < -0.39 is 11.6 Å².